The number of amidine groups is 1. The lowest BCUT2D eigenvalue weighted by Gasteiger charge is -2.24. The maximum Gasteiger partial charge on any atom is 0.347 e. The summed E-state index contributed by atoms with van der Waals surface area (Å²) in [5, 5.41) is 15.8. The maximum atomic E-state index is 15.1. The standard InChI is InChI=1S/C31H29FN8O3S/c1-19(2)24-11-8-22(38(3)4)16-27(24)40-28(41)17-44-31(40)36-30(42)35-26-12-5-20(15-25(26)32)29-34-18-39(37-29)21-6-9-23(10-7-21)43-14-13-33/h5-12,15-16,18-19H,14,17H2,1-4H3,(H,35,42)/b36-31-. The van der Waals surface area contributed by atoms with Gasteiger partial charge in [-0.1, -0.05) is 31.7 Å². The van der Waals surface area contributed by atoms with Crippen molar-refractivity contribution in [1.29, 1.82) is 5.26 Å². The van der Waals surface area contributed by atoms with Crippen molar-refractivity contribution in [2.45, 2.75) is 19.8 Å². The number of halogens is 1. The van der Waals surface area contributed by atoms with E-state index in [1.54, 1.807) is 30.3 Å². The molecule has 1 aromatic heterocycles. The van der Waals surface area contributed by atoms with Gasteiger partial charge in [-0.15, -0.1) is 5.10 Å². The van der Waals surface area contributed by atoms with Crippen molar-refractivity contribution in [2.75, 3.05) is 41.6 Å². The van der Waals surface area contributed by atoms with Crippen molar-refractivity contribution in [3.63, 3.8) is 0 Å². The number of amides is 3. The minimum atomic E-state index is -0.807. The van der Waals surface area contributed by atoms with E-state index in [0.29, 0.717) is 22.7 Å². The fourth-order valence-electron chi connectivity index (χ4n) is 4.49. The van der Waals surface area contributed by atoms with Gasteiger partial charge in [0.15, 0.2) is 17.6 Å². The highest BCUT2D eigenvalue weighted by Crippen LogP contribution is 2.36. The predicted octanol–water partition coefficient (Wildman–Crippen LogP) is 5.83. The molecular formula is C31H29FN8O3S. The second-order valence-electron chi connectivity index (χ2n) is 10.3. The number of aromatic nitrogens is 3. The molecule has 1 N–H and O–H groups in total. The number of urea groups is 1. The Labute approximate surface area is 258 Å². The van der Waals surface area contributed by atoms with E-state index in [2.05, 4.69) is 20.4 Å². The zero-order valence-electron chi connectivity index (χ0n) is 24.5. The normalized spacial score (nSPS) is 13.8. The van der Waals surface area contributed by atoms with Crippen LogP contribution in [0.25, 0.3) is 17.1 Å². The van der Waals surface area contributed by atoms with Gasteiger partial charge in [0.2, 0.25) is 5.91 Å². The zero-order chi connectivity index (χ0) is 31.4. The minimum absolute atomic E-state index is 0.0515. The molecule has 44 heavy (non-hydrogen) atoms. The highest BCUT2D eigenvalue weighted by Gasteiger charge is 2.33. The molecule has 3 aromatic carbocycles. The highest BCUT2D eigenvalue weighted by atomic mass is 32.2. The summed E-state index contributed by atoms with van der Waals surface area (Å²) in [7, 11) is 3.82. The second kappa shape index (κ2) is 13.0. The summed E-state index contributed by atoms with van der Waals surface area (Å²) >= 11 is 1.16. The third-order valence-corrected chi connectivity index (χ3v) is 7.64. The molecule has 1 fully saturated rings. The Kier molecular flexibility index (Phi) is 8.91. The first-order valence-electron chi connectivity index (χ1n) is 13.6. The van der Waals surface area contributed by atoms with Gasteiger partial charge in [-0.3, -0.25) is 9.69 Å². The van der Waals surface area contributed by atoms with Gasteiger partial charge >= 0.3 is 6.03 Å². The number of nitriles is 1. The van der Waals surface area contributed by atoms with Gasteiger partial charge in [0.05, 0.1) is 22.8 Å². The SMILES string of the molecule is CC(C)c1ccc(N(C)C)cc1N1C(=O)CS/C1=N\C(=O)Nc1ccc(-c2ncn(-c3ccc(OCC#N)cc3)n2)cc1F. The summed E-state index contributed by atoms with van der Waals surface area (Å²) < 4.78 is 21.9. The molecule has 4 aromatic rings. The fraction of sp³-hybridized carbons (Fsp3) is 0.226. The van der Waals surface area contributed by atoms with E-state index >= 15 is 4.39 Å². The number of carbonyl (C=O) groups is 2. The molecule has 0 unspecified atom stereocenters. The smallest absolute Gasteiger partial charge is 0.347 e. The molecule has 0 bridgehead atoms. The molecule has 224 valence electrons. The van der Waals surface area contributed by atoms with Crippen LogP contribution in [0.15, 0.2) is 72.0 Å². The third kappa shape index (κ3) is 6.55. The van der Waals surface area contributed by atoms with Crippen LogP contribution in [0.5, 0.6) is 5.75 Å². The van der Waals surface area contributed by atoms with Crippen LogP contribution in [0.3, 0.4) is 0 Å². The molecule has 1 aliphatic heterocycles. The van der Waals surface area contributed by atoms with Crippen LogP contribution < -0.4 is 19.9 Å². The lowest BCUT2D eigenvalue weighted by molar-refractivity contribution is -0.115. The van der Waals surface area contributed by atoms with E-state index in [1.165, 1.54) is 28.0 Å². The van der Waals surface area contributed by atoms with Crippen LogP contribution in [-0.2, 0) is 4.79 Å². The van der Waals surface area contributed by atoms with E-state index in [0.717, 1.165) is 23.0 Å². The van der Waals surface area contributed by atoms with Gasteiger partial charge in [-0.05, 0) is 66.1 Å². The monoisotopic (exact) mass is 612 g/mol. The number of anilines is 3. The Hall–Kier alpha value is -5.22. The van der Waals surface area contributed by atoms with Crippen molar-refractivity contribution < 1.29 is 18.7 Å². The van der Waals surface area contributed by atoms with Gasteiger partial charge in [-0.2, -0.15) is 10.3 Å². The lowest BCUT2D eigenvalue weighted by Crippen LogP contribution is -2.31. The van der Waals surface area contributed by atoms with Crippen molar-refractivity contribution in [1.82, 2.24) is 14.8 Å². The average Bonchev–Trinajstić information content (AvgIpc) is 3.64. The summed E-state index contributed by atoms with van der Waals surface area (Å²) in [6.07, 6.45) is 1.50. The summed E-state index contributed by atoms with van der Waals surface area (Å²) in [4.78, 5) is 37.7. The van der Waals surface area contributed by atoms with Gasteiger partial charge in [0.25, 0.3) is 0 Å². The van der Waals surface area contributed by atoms with E-state index in [1.807, 2.05) is 57.1 Å². The summed E-state index contributed by atoms with van der Waals surface area (Å²) in [5.74, 6) is 0.203. The number of hydrogen-bond acceptors (Lipinski definition) is 8. The van der Waals surface area contributed by atoms with Gasteiger partial charge in [-0.25, -0.2) is 18.9 Å². The zero-order valence-corrected chi connectivity index (χ0v) is 25.3. The minimum Gasteiger partial charge on any atom is -0.479 e. The van der Waals surface area contributed by atoms with Crippen molar-refractivity contribution >= 4 is 45.9 Å². The van der Waals surface area contributed by atoms with Crippen molar-refractivity contribution in [3.8, 4) is 28.9 Å². The molecular weight excluding hydrogens is 583 g/mol. The molecule has 3 amide bonds. The van der Waals surface area contributed by atoms with E-state index in [9.17, 15) is 9.59 Å². The molecule has 0 aliphatic carbocycles. The summed E-state index contributed by atoms with van der Waals surface area (Å²) in [6.45, 7) is 4.01. The number of aliphatic imine (C=N–C) groups is 1. The van der Waals surface area contributed by atoms with Crippen LogP contribution in [0.2, 0.25) is 0 Å². The molecule has 5 rings (SSSR count). The highest BCUT2D eigenvalue weighted by molar-refractivity contribution is 8.15. The van der Waals surface area contributed by atoms with Crippen molar-refractivity contribution in [3.05, 3.63) is 78.4 Å². The van der Waals surface area contributed by atoms with Crippen LogP contribution in [0.1, 0.15) is 25.3 Å². The first-order chi connectivity index (χ1) is 21.1. The number of nitrogens with one attached hydrogen (secondary N) is 1. The molecule has 13 heteroatoms. The molecule has 1 saturated heterocycles. The van der Waals surface area contributed by atoms with E-state index < -0.39 is 11.8 Å². The van der Waals surface area contributed by atoms with Gasteiger partial charge in [0, 0.05) is 25.3 Å². The Morgan fingerprint density at radius 3 is 2.64 bits per heavy atom. The first-order valence-corrected chi connectivity index (χ1v) is 14.6. The van der Waals surface area contributed by atoms with Gasteiger partial charge < -0.3 is 15.0 Å². The number of carbonyl (C=O) groups excluding carboxylic acids is 2. The summed E-state index contributed by atoms with van der Waals surface area (Å²) in [5.41, 5.74) is 3.54. The molecule has 0 radical (unpaired) electrons. The molecule has 0 atom stereocenters. The number of thioether (sulfide) groups is 1. The first kappa shape index (κ1) is 30.2. The van der Waals surface area contributed by atoms with Crippen LogP contribution >= 0.6 is 11.8 Å². The lowest BCUT2D eigenvalue weighted by atomic mass is 9.99. The Morgan fingerprint density at radius 2 is 1.95 bits per heavy atom. The largest absolute Gasteiger partial charge is 0.479 e. The number of ether oxygens (including phenoxy) is 1. The fourth-order valence-corrected chi connectivity index (χ4v) is 5.35. The second-order valence-corrected chi connectivity index (χ2v) is 11.2. The molecule has 1 aliphatic rings. The number of benzene rings is 3. The van der Waals surface area contributed by atoms with Gasteiger partial charge in [0.1, 0.15) is 24.0 Å². The molecule has 0 saturated carbocycles. The topological polar surface area (TPSA) is 129 Å². The quantitative estimate of drug-likeness (QED) is 0.263. The predicted molar refractivity (Wildman–Crippen MR) is 169 cm³/mol. The number of rotatable bonds is 8. The number of nitrogens with zero attached hydrogens (tertiary/aromatic N) is 7. The van der Waals surface area contributed by atoms with E-state index in [-0.39, 0.29) is 40.9 Å². The molecule has 11 nitrogen and oxygen atoms in total. The third-order valence-electron chi connectivity index (χ3n) is 6.72. The Balaban J connectivity index is 1.32. The summed E-state index contributed by atoms with van der Waals surface area (Å²) in [6, 6.07) is 18.1. The van der Waals surface area contributed by atoms with E-state index in [4.69, 9.17) is 10.00 Å². The molecule has 2 heterocycles. The van der Waals surface area contributed by atoms with Crippen LogP contribution in [0, 0.1) is 17.1 Å². The maximum absolute atomic E-state index is 15.1. The average molecular weight is 613 g/mol. The number of hydrogen-bond donors (Lipinski definition) is 1. The Bertz CT molecular complexity index is 1780. The van der Waals surface area contributed by atoms with Crippen LogP contribution in [0.4, 0.5) is 26.2 Å². The molecule has 0 spiro atoms. The van der Waals surface area contributed by atoms with Crippen LogP contribution in [-0.4, -0.2) is 58.3 Å². The Morgan fingerprint density at radius 1 is 1.18 bits per heavy atom. The van der Waals surface area contributed by atoms with Crippen molar-refractivity contribution in [2.24, 2.45) is 4.99 Å².